The largest absolute Gasteiger partial charge is 0.412 e. The Bertz CT molecular complexity index is 3.61. The molecule has 0 aromatic carbocycles. The van der Waals surface area contributed by atoms with Crippen molar-refractivity contribution < 1.29 is 63.2 Å². The van der Waals surface area contributed by atoms with Gasteiger partial charge in [0.1, 0.15) is 0 Å². The zero-order chi connectivity index (χ0) is 0. The predicted octanol–water partition coefficient (Wildman–Crippen LogP) is -3.30. The van der Waals surface area contributed by atoms with Crippen molar-refractivity contribution in [1.82, 2.24) is 0 Å². The summed E-state index contributed by atoms with van der Waals surface area (Å²) >= 11 is 0. The van der Waals surface area contributed by atoms with Gasteiger partial charge < -0.3 is 21.9 Å². The van der Waals surface area contributed by atoms with Gasteiger partial charge in [0, 0.05) is 41.3 Å². The van der Waals surface area contributed by atoms with Gasteiger partial charge in [-0.2, -0.15) is 0 Å². The van der Waals surface area contributed by atoms with E-state index >= 15 is 0 Å². The molecule has 0 bridgehead atoms. The van der Waals surface area contributed by atoms with Gasteiger partial charge in [-0.05, 0) is 0 Å². The van der Waals surface area contributed by atoms with E-state index in [2.05, 4.69) is 0 Å². The number of hydrogen-bond donors (Lipinski definition) is 0. The molecule has 0 aliphatic rings. The smallest absolute Gasteiger partial charge is 0 e. The third-order valence-electron chi connectivity index (χ3n) is 0. The van der Waals surface area contributed by atoms with E-state index in [9.17, 15) is 0 Å². The van der Waals surface area contributed by atoms with Crippen LogP contribution >= 0.6 is 0 Å². The fourth-order valence-corrected chi connectivity index (χ4v) is 0. The van der Waals surface area contributed by atoms with Crippen LogP contribution in [0.3, 0.4) is 0 Å². The van der Waals surface area contributed by atoms with Crippen LogP contribution in [-0.2, 0) is 0 Å². The molecule has 0 saturated heterocycles. The minimum atomic E-state index is 0. The Balaban J connectivity index is 0. The Morgan fingerprint density at radius 1 is 0.400 bits per heavy atom. The molecule has 4 nitrogen and oxygen atoms in total. The Morgan fingerprint density at radius 3 is 0.400 bits per heavy atom. The maximum absolute atomic E-state index is 0. The first-order valence-corrected chi connectivity index (χ1v) is 0. The first kappa shape index (κ1) is 116. The third kappa shape index (κ3) is 36.9. The molecule has 0 aromatic heterocycles. The first-order chi connectivity index (χ1) is 0. The molecule has 0 rings (SSSR count). The summed E-state index contributed by atoms with van der Waals surface area (Å²) in [4.78, 5) is 0. The van der Waals surface area contributed by atoms with Crippen molar-refractivity contribution in [2.45, 2.75) is 0 Å². The van der Waals surface area contributed by atoms with Crippen molar-refractivity contribution in [3.63, 3.8) is 0 Å². The number of hydrogen-bond acceptors (Lipinski definition) is 0. The van der Waals surface area contributed by atoms with Gasteiger partial charge in [0.2, 0.25) is 0 Å². The summed E-state index contributed by atoms with van der Waals surface area (Å²) in [7, 11) is 0. The van der Waals surface area contributed by atoms with E-state index in [0.717, 1.165) is 0 Å². The van der Waals surface area contributed by atoms with E-state index in [1.165, 1.54) is 0 Å². The first-order valence-electron chi connectivity index (χ1n) is 0. The van der Waals surface area contributed by atoms with Crippen LogP contribution < -0.4 is 0 Å². The van der Waals surface area contributed by atoms with Crippen molar-refractivity contribution in [2.75, 3.05) is 0 Å². The quantitative estimate of drug-likeness (QED) is 0.399. The molecule has 0 aliphatic heterocycles. The molecule has 0 saturated carbocycles. The zero-order valence-electron chi connectivity index (χ0n) is 2.58. The van der Waals surface area contributed by atoms with Crippen LogP contribution in [0.5, 0.6) is 0 Å². The molecule has 35 valence electrons. The average Bonchev–Trinajstić information content (AvgIpc) is 0. The van der Waals surface area contributed by atoms with Gasteiger partial charge in [0.25, 0.3) is 0 Å². The topological polar surface area (TPSA) is 126 Å². The fraction of sp³-hybridized carbons (Fsp3) is 0. The summed E-state index contributed by atoms with van der Waals surface area (Å²) < 4.78 is 0. The molecule has 0 aliphatic carbocycles. The van der Waals surface area contributed by atoms with Gasteiger partial charge >= 0.3 is 0 Å². The van der Waals surface area contributed by atoms with E-state index in [1.807, 2.05) is 0 Å². The van der Waals surface area contributed by atoms with Crippen molar-refractivity contribution in [1.29, 1.82) is 0 Å². The van der Waals surface area contributed by atoms with E-state index < -0.39 is 0 Å². The molecule has 0 heterocycles. The Morgan fingerprint density at radius 2 is 0.400 bits per heavy atom. The van der Waals surface area contributed by atoms with Gasteiger partial charge in [0.05, 0.1) is 0 Å². The van der Waals surface area contributed by atoms with E-state index in [0.29, 0.717) is 0 Å². The van der Waals surface area contributed by atoms with Gasteiger partial charge in [-0.1, -0.05) is 0 Å². The molecule has 1 radical (unpaired) electrons. The Kier molecular flexibility index (Phi) is 1470. The minimum absolute atomic E-state index is 0. The molecular formula is H8O4Pr. The van der Waals surface area contributed by atoms with Crippen LogP contribution in [0.15, 0.2) is 0 Å². The van der Waals surface area contributed by atoms with E-state index in [1.54, 1.807) is 0 Å². The third-order valence-corrected chi connectivity index (χ3v) is 0. The molecular weight excluding hydrogens is 205 g/mol. The summed E-state index contributed by atoms with van der Waals surface area (Å²) in [6, 6.07) is 0. The fourth-order valence-electron chi connectivity index (χ4n) is 0. The van der Waals surface area contributed by atoms with Gasteiger partial charge in [0.15, 0.2) is 0 Å². The van der Waals surface area contributed by atoms with Crippen LogP contribution in [0, 0.1) is 41.3 Å². The normalized spacial score (nSPS) is 0. The molecule has 8 N–H and O–H groups in total. The van der Waals surface area contributed by atoms with Crippen LogP contribution in [0.1, 0.15) is 0 Å². The maximum atomic E-state index is 0. The average molecular weight is 213 g/mol. The SMILES string of the molecule is O.O.O.O.[Pr]. The molecule has 0 amide bonds. The molecule has 0 unspecified atom stereocenters. The summed E-state index contributed by atoms with van der Waals surface area (Å²) in [6.07, 6.45) is 0. The standard InChI is InChI=1S/4H2O.Pr/h4*1H2;. The Labute approximate surface area is 62.7 Å². The summed E-state index contributed by atoms with van der Waals surface area (Å²) in [5.74, 6) is 0. The molecule has 5 heavy (non-hydrogen) atoms. The maximum Gasteiger partial charge on any atom is 0 e. The number of rotatable bonds is 0. The summed E-state index contributed by atoms with van der Waals surface area (Å²) in [5, 5.41) is 0. The van der Waals surface area contributed by atoms with Crippen LogP contribution in [-0.4, -0.2) is 21.9 Å². The molecule has 0 atom stereocenters. The second-order valence-electron chi connectivity index (χ2n) is 0. The second-order valence-corrected chi connectivity index (χ2v) is 0. The van der Waals surface area contributed by atoms with Crippen molar-refractivity contribution in [3.05, 3.63) is 0 Å². The second kappa shape index (κ2) is 63.5. The zero-order valence-corrected chi connectivity index (χ0v) is 6.28. The molecule has 0 fully saturated rings. The van der Waals surface area contributed by atoms with Crippen LogP contribution in [0.2, 0.25) is 0 Å². The van der Waals surface area contributed by atoms with Crippen molar-refractivity contribution in [3.8, 4) is 0 Å². The molecule has 0 aromatic rings. The molecule has 5 heteroatoms. The van der Waals surface area contributed by atoms with E-state index in [4.69, 9.17) is 0 Å². The molecule has 0 spiro atoms. The van der Waals surface area contributed by atoms with Crippen molar-refractivity contribution >= 4 is 0 Å². The van der Waals surface area contributed by atoms with Gasteiger partial charge in [-0.3, -0.25) is 0 Å². The minimum Gasteiger partial charge on any atom is -0.412 e. The van der Waals surface area contributed by atoms with Gasteiger partial charge in [-0.25, -0.2) is 0 Å². The van der Waals surface area contributed by atoms with Crippen LogP contribution in [0.4, 0.5) is 0 Å². The predicted molar refractivity (Wildman–Crippen MR) is 14.5 cm³/mol. The summed E-state index contributed by atoms with van der Waals surface area (Å²) in [6.45, 7) is 0. The van der Waals surface area contributed by atoms with E-state index in [-0.39, 0.29) is 63.2 Å². The monoisotopic (exact) mass is 213 g/mol. The Hall–Kier alpha value is 1.20. The van der Waals surface area contributed by atoms with Crippen molar-refractivity contribution in [2.24, 2.45) is 0 Å². The summed E-state index contributed by atoms with van der Waals surface area (Å²) in [5.41, 5.74) is 0. The van der Waals surface area contributed by atoms with Gasteiger partial charge in [-0.15, -0.1) is 0 Å². The van der Waals surface area contributed by atoms with Crippen LogP contribution in [0.25, 0.3) is 0 Å².